The first-order valence-corrected chi connectivity index (χ1v) is 18.2. The van der Waals surface area contributed by atoms with Crippen LogP contribution < -0.4 is 10.6 Å². The molecule has 6 nitrogen and oxygen atoms in total. The van der Waals surface area contributed by atoms with Gasteiger partial charge in [0.1, 0.15) is 12.6 Å². The number of aliphatic hydroxyl groups excluding tert-OH is 1. The Morgan fingerprint density at radius 1 is 0.700 bits per heavy atom. The number of ether oxygens (including phenoxy) is 1. The number of thioether (sulfide) groups is 1. The van der Waals surface area contributed by atoms with Gasteiger partial charge in [-0.05, 0) is 51.3 Å². The molecule has 0 bridgehead atoms. The van der Waals surface area contributed by atoms with Crippen molar-refractivity contribution in [2.24, 2.45) is 5.92 Å². The lowest BCUT2D eigenvalue weighted by molar-refractivity contribution is -0.123. The molecule has 0 saturated heterocycles. The fourth-order valence-electron chi connectivity index (χ4n) is 6.99. The van der Waals surface area contributed by atoms with E-state index in [2.05, 4.69) is 71.3 Å². The highest BCUT2D eigenvalue weighted by Gasteiger charge is 2.39. The SMILES string of the molecule is CC(C)C[C@@H](CO)NC(=O)[C@H](CSC(c1ccccc1)(c1ccccc1)c1ccccc1)NC(=O)OCC1c2ccccc2-c2ccccc21. The molecule has 5 aromatic rings. The van der Waals surface area contributed by atoms with Gasteiger partial charge in [-0.25, -0.2) is 4.79 Å². The number of fused-ring (bicyclic) bond motifs is 3. The molecule has 0 fully saturated rings. The van der Waals surface area contributed by atoms with Gasteiger partial charge in [-0.2, -0.15) is 0 Å². The molecule has 2 amide bonds. The highest BCUT2D eigenvalue weighted by atomic mass is 32.2. The molecule has 0 aromatic heterocycles. The third kappa shape index (κ3) is 7.64. The molecule has 0 unspecified atom stereocenters. The van der Waals surface area contributed by atoms with Crippen molar-refractivity contribution in [1.29, 1.82) is 0 Å². The predicted octanol–water partition coefficient (Wildman–Crippen LogP) is 8.14. The third-order valence-electron chi connectivity index (χ3n) is 9.28. The molecule has 0 spiro atoms. The Morgan fingerprint density at radius 3 is 1.62 bits per heavy atom. The summed E-state index contributed by atoms with van der Waals surface area (Å²) in [6.45, 7) is 4.03. The first kappa shape index (κ1) is 35.0. The Kier molecular flexibility index (Phi) is 11.4. The molecule has 0 saturated carbocycles. The lowest BCUT2D eigenvalue weighted by atomic mass is 9.84. The van der Waals surface area contributed by atoms with Crippen LogP contribution in [0.4, 0.5) is 4.79 Å². The highest BCUT2D eigenvalue weighted by molar-refractivity contribution is 8.00. The number of hydrogen-bond donors (Lipinski definition) is 3. The minimum Gasteiger partial charge on any atom is -0.449 e. The molecular formula is C43H44N2O4S. The van der Waals surface area contributed by atoms with Crippen molar-refractivity contribution in [2.75, 3.05) is 19.0 Å². The Hall–Kier alpha value is -4.85. The largest absolute Gasteiger partial charge is 0.449 e. The minimum absolute atomic E-state index is 0.110. The maximum atomic E-state index is 14.0. The third-order valence-corrected chi connectivity index (χ3v) is 10.9. The zero-order chi connectivity index (χ0) is 34.9. The van der Waals surface area contributed by atoms with Gasteiger partial charge in [-0.1, -0.05) is 153 Å². The van der Waals surface area contributed by atoms with E-state index in [9.17, 15) is 14.7 Å². The lowest BCUT2D eigenvalue weighted by Crippen LogP contribution is -2.52. The first-order chi connectivity index (χ1) is 24.4. The van der Waals surface area contributed by atoms with Gasteiger partial charge in [-0.15, -0.1) is 11.8 Å². The van der Waals surface area contributed by atoms with Crippen LogP contribution in [-0.4, -0.2) is 48.2 Å². The summed E-state index contributed by atoms with van der Waals surface area (Å²) < 4.78 is 5.22. The van der Waals surface area contributed by atoms with E-state index in [0.717, 1.165) is 38.9 Å². The first-order valence-electron chi connectivity index (χ1n) is 17.2. The number of benzene rings is 5. The van der Waals surface area contributed by atoms with Crippen LogP contribution in [0.2, 0.25) is 0 Å². The molecule has 0 aliphatic heterocycles. The van der Waals surface area contributed by atoms with E-state index >= 15 is 0 Å². The highest BCUT2D eigenvalue weighted by Crippen LogP contribution is 2.49. The number of carbonyl (C=O) groups is 2. The zero-order valence-corrected chi connectivity index (χ0v) is 29.3. The van der Waals surface area contributed by atoms with Crippen molar-refractivity contribution in [1.82, 2.24) is 10.6 Å². The lowest BCUT2D eigenvalue weighted by Gasteiger charge is -2.36. The quantitative estimate of drug-likeness (QED) is 0.103. The summed E-state index contributed by atoms with van der Waals surface area (Å²) in [6, 6.07) is 45.7. The number of aliphatic hydroxyl groups is 1. The molecule has 0 radical (unpaired) electrons. The Bertz CT molecular complexity index is 1720. The molecule has 3 N–H and O–H groups in total. The maximum Gasteiger partial charge on any atom is 0.407 e. The maximum absolute atomic E-state index is 14.0. The van der Waals surface area contributed by atoms with Crippen molar-refractivity contribution in [2.45, 2.75) is 43.0 Å². The number of amides is 2. The van der Waals surface area contributed by atoms with E-state index < -0.39 is 22.9 Å². The fourth-order valence-corrected chi connectivity index (χ4v) is 8.55. The van der Waals surface area contributed by atoms with Crippen molar-refractivity contribution in [3.63, 3.8) is 0 Å². The summed E-state index contributed by atoms with van der Waals surface area (Å²) in [5.41, 5.74) is 7.67. The fraction of sp³-hybridized carbons (Fsp3) is 0.256. The number of carbonyl (C=O) groups excluding carboxylic acids is 2. The number of rotatable bonds is 14. The molecule has 2 atom stereocenters. The van der Waals surface area contributed by atoms with E-state index in [0.29, 0.717) is 6.42 Å². The van der Waals surface area contributed by atoms with E-state index in [-0.39, 0.29) is 36.7 Å². The van der Waals surface area contributed by atoms with Crippen LogP contribution in [-0.2, 0) is 14.3 Å². The van der Waals surface area contributed by atoms with Crippen molar-refractivity contribution in [3.8, 4) is 11.1 Å². The second-order valence-electron chi connectivity index (χ2n) is 13.1. The van der Waals surface area contributed by atoms with E-state index in [1.165, 1.54) is 0 Å². The molecule has 7 heteroatoms. The summed E-state index contributed by atoms with van der Waals surface area (Å²) in [5, 5.41) is 16.1. The van der Waals surface area contributed by atoms with Crippen LogP contribution in [0.5, 0.6) is 0 Å². The standard InChI is InChI=1S/C43H44N2O4S/c1-30(2)26-34(27-46)44-41(47)40(45-42(48)49-28-39-37-24-14-12-22-35(37)36-23-13-15-25-38(36)39)29-50-43(31-16-6-3-7-17-31,32-18-8-4-9-19-32)33-20-10-5-11-21-33/h3-25,30,34,39-40,46H,26-29H2,1-2H3,(H,44,47)(H,45,48)/t34-,40-/m0/s1. The van der Waals surface area contributed by atoms with E-state index in [1.54, 1.807) is 11.8 Å². The second-order valence-corrected chi connectivity index (χ2v) is 14.4. The second kappa shape index (κ2) is 16.2. The average Bonchev–Trinajstić information content (AvgIpc) is 3.48. The van der Waals surface area contributed by atoms with Crippen LogP contribution in [0.3, 0.4) is 0 Å². The number of nitrogens with one attached hydrogen (secondary N) is 2. The van der Waals surface area contributed by atoms with Gasteiger partial charge in [-0.3, -0.25) is 4.79 Å². The topological polar surface area (TPSA) is 87.7 Å². The molecule has 256 valence electrons. The van der Waals surface area contributed by atoms with Crippen LogP contribution in [0.15, 0.2) is 140 Å². The van der Waals surface area contributed by atoms with Gasteiger partial charge in [0.25, 0.3) is 0 Å². The van der Waals surface area contributed by atoms with Crippen molar-refractivity contribution >= 4 is 23.8 Å². The summed E-state index contributed by atoms with van der Waals surface area (Å²) >= 11 is 1.59. The summed E-state index contributed by atoms with van der Waals surface area (Å²) in [7, 11) is 0. The van der Waals surface area contributed by atoms with Gasteiger partial charge >= 0.3 is 6.09 Å². The molecule has 6 rings (SSSR count). The Morgan fingerprint density at radius 2 is 1.16 bits per heavy atom. The van der Waals surface area contributed by atoms with Crippen LogP contribution >= 0.6 is 11.8 Å². The molecule has 1 aliphatic rings. The summed E-state index contributed by atoms with van der Waals surface area (Å²) in [6.07, 6.45) is -0.0589. The Labute approximate surface area is 299 Å². The van der Waals surface area contributed by atoms with Gasteiger partial charge < -0.3 is 20.5 Å². The smallest absolute Gasteiger partial charge is 0.407 e. The number of hydrogen-bond acceptors (Lipinski definition) is 5. The normalized spacial score (nSPS) is 13.6. The van der Waals surface area contributed by atoms with Gasteiger partial charge in [0.15, 0.2) is 0 Å². The van der Waals surface area contributed by atoms with Crippen LogP contribution in [0.1, 0.15) is 54.0 Å². The Balaban J connectivity index is 1.29. The number of alkyl carbamates (subject to hydrolysis) is 1. The van der Waals surface area contributed by atoms with Gasteiger partial charge in [0.05, 0.1) is 17.4 Å². The van der Waals surface area contributed by atoms with Crippen LogP contribution in [0, 0.1) is 5.92 Å². The van der Waals surface area contributed by atoms with E-state index in [4.69, 9.17) is 4.74 Å². The predicted molar refractivity (Wildman–Crippen MR) is 202 cm³/mol. The van der Waals surface area contributed by atoms with E-state index in [1.807, 2.05) is 92.7 Å². The molecule has 1 aliphatic carbocycles. The van der Waals surface area contributed by atoms with Gasteiger partial charge in [0.2, 0.25) is 5.91 Å². The molecule has 0 heterocycles. The molecule has 5 aromatic carbocycles. The average molecular weight is 685 g/mol. The van der Waals surface area contributed by atoms with Gasteiger partial charge in [0, 0.05) is 11.7 Å². The molecule has 50 heavy (non-hydrogen) atoms. The zero-order valence-electron chi connectivity index (χ0n) is 28.5. The minimum atomic E-state index is -0.952. The summed E-state index contributed by atoms with van der Waals surface area (Å²) in [5.74, 6) is 0.0155. The molecular weight excluding hydrogens is 641 g/mol. The summed E-state index contributed by atoms with van der Waals surface area (Å²) in [4.78, 5) is 27.7. The van der Waals surface area contributed by atoms with Crippen LogP contribution in [0.25, 0.3) is 11.1 Å². The van der Waals surface area contributed by atoms with Crippen molar-refractivity contribution in [3.05, 3.63) is 167 Å². The van der Waals surface area contributed by atoms with Crippen molar-refractivity contribution < 1.29 is 19.4 Å². The monoisotopic (exact) mass is 684 g/mol.